The minimum absolute atomic E-state index is 0.0935. The molecule has 1 aromatic rings. The molecule has 0 saturated heterocycles. The Kier molecular flexibility index (Phi) is 4.47. The van der Waals surface area contributed by atoms with Gasteiger partial charge in [0.25, 0.3) is 0 Å². The van der Waals surface area contributed by atoms with Gasteiger partial charge in [0.1, 0.15) is 11.9 Å². The third-order valence-corrected chi connectivity index (χ3v) is 3.23. The van der Waals surface area contributed by atoms with Gasteiger partial charge in [-0.3, -0.25) is 4.99 Å². The quantitative estimate of drug-likeness (QED) is 0.925. The smallest absolute Gasteiger partial charge is 0.193 e. The summed E-state index contributed by atoms with van der Waals surface area (Å²) in [5.74, 6) is 1.83. The van der Waals surface area contributed by atoms with Crippen molar-refractivity contribution in [2.24, 2.45) is 4.99 Å². The Hall–Kier alpha value is -1.23. The van der Waals surface area contributed by atoms with Gasteiger partial charge in [0.05, 0.1) is 13.1 Å². The Balaban J connectivity index is 1.80. The fourth-order valence-corrected chi connectivity index (χ4v) is 2.15. The number of nitrogens with zero attached hydrogens (tertiary/aromatic N) is 2. The summed E-state index contributed by atoms with van der Waals surface area (Å²) in [4.78, 5) is 6.50. The summed E-state index contributed by atoms with van der Waals surface area (Å²) in [5.41, 5.74) is 0. The third-order valence-electron chi connectivity index (χ3n) is 2.74. The van der Waals surface area contributed by atoms with E-state index in [-0.39, 0.29) is 6.10 Å². The van der Waals surface area contributed by atoms with Gasteiger partial charge in [-0.2, -0.15) is 0 Å². The molecule has 1 atom stereocenters. The van der Waals surface area contributed by atoms with Gasteiger partial charge in [-0.05, 0) is 25.1 Å². The standard InChI is InChI=1S/C13H18BrN3O/c1-10(9-16-13-15-6-7-17(13)2)18-12-5-3-4-11(14)8-12/h3-5,8,10H,6-7,9H2,1-2H3,(H,15,16). The van der Waals surface area contributed by atoms with Crippen LogP contribution in [0.3, 0.4) is 0 Å². The summed E-state index contributed by atoms with van der Waals surface area (Å²) in [6.07, 6.45) is 0.0935. The second-order valence-electron chi connectivity index (χ2n) is 4.39. The lowest BCUT2D eigenvalue weighted by atomic mass is 10.3. The fraction of sp³-hybridized carbons (Fsp3) is 0.462. The second kappa shape index (κ2) is 6.09. The number of hydrogen-bond acceptors (Lipinski definition) is 4. The van der Waals surface area contributed by atoms with Crippen molar-refractivity contribution in [2.45, 2.75) is 13.0 Å². The molecule has 2 rings (SSSR count). The van der Waals surface area contributed by atoms with Crippen LogP contribution in [-0.2, 0) is 0 Å². The number of nitrogens with one attached hydrogen (secondary N) is 1. The molecule has 0 spiro atoms. The molecule has 0 aliphatic carbocycles. The minimum atomic E-state index is 0.0935. The third kappa shape index (κ3) is 3.63. The molecule has 1 heterocycles. The normalized spacial score (nSPS) is 16.4. The van der Waals surface area contributed by atoms with E-state index in [1.807, 2.05) is 38.2 Å². The molecule has 0 fully saturated rings. The van der Waals surface area contributed by atoms with E-state index in [1.54, 1.807) is 0 Å². The van der Waals surface area contributed by atoms with Gasteiger partial charge >= 0.3 is 0 Å². The zero-order valence-corrected chi connectivity index (χ0v) is 12.3. The molecule has 5 heteroatoms. The van der Waals surface area contributed by atoms with E-state index in [9.17, 15) is 0 Å². The maximum atomic E-state index is 5.82. The second-order valence-corrected chi connectivity index (χ2v) is 5.31. The van der Waals surface area contributed by atoms with Crippen LogP contribution in [0, 0.1) is 0 Å². The molecule has 1 aromatic carbocycles. The first-order chi connectivity index (χ1) is 8.65. The summed E-state index contributed by atoms with van der Waals surface area (Å²) in [7, 11) is 2.04. The van der Waals surface area contributed by atoms with E-state index in [2.05, 4.69) is 31.1 Å². The van der Waals surface area contributed by atoms with Crippen LogP contribution in [0.2, 0.25) is 0 Å². The summed E-state index contributed by atoms with van der Waals surface area (Å²) in [6, 6.07) is 7.88. The Bertz CT molecular complexity index is 436. The Morgan fingerprint density at radius 2 is 2.39 bits per heavy atom. The molecule has 1 N–H and O–H groups in total. The highest BCUT2D eigenvalue weighted by Crippen LogP contribution is 2.18. The lowest BCUT2D eigenvalue weighted by Crippen LogP contribution is -2.40. The van der Waals surface area contributed by atoms with Crippen LogP contribution < -0.4 is 10.1 Å². The number of rotatable bonds is 4. The molecule has 0 aromatic heterocycles. The number of benzene rings is 1. The number of aliphatic imine (C=N–C) groups is 1. The molecular formula is C13H18BrN3O. The number of hydrogen-bond donors (Lipinski definition) is 1. The number of guanidine groups is 1. The first-order valence-electron chi connectivity index (χ1n) is 6.07. The van der Waals surface area contributed by atoms with Gasteiger partial charge < -0.3 is 15.0 Å². The predicted octanol–water partition coefficient (Wildman–Crippen LogP) is 2.11. The molecule has 0 saturated carbocycles. The van der Waals surface area contributed by atoms with E-state index < -0.39 is 0 Å². The summed E-state index contributed by atoms with van der Waals surface area (Å²) < 4.78 is 6.85. The monoisotopic (exact) mass is 311 g/mol. The van der Waals surface area contributed by atoms with Crippen molar-refractivity contribution in [1.82, 2.24) is 10.2 Å². The van der Waals surface area contributed by atoms with E-state index in [4.69, 9.17) is 4.74 Å². The van der Waals surface area contributed by atoms with Crippen molar-refractivity contribution >= 4 is 21.9 Å². The number of ether oxygens (including phenoxy) is 1. The zero-order valence-electron chi connectivity index (χ0n) is 10.7. The number of halogens is 1. The maximum Gasteiger partial charge on any atom is 0.193 e. The Morgan fingerprint density at radius 3 is 3.06 bits per heavy atom. The van der Waals surface area contributed by atoms with Crippen LogP contribution in [0.1, 0.15) is 6.92 Å². The van der Waals surface area contributed by atoms with E-state index in [0.29, 0.717) is 0 Å². The van der Waals surface area contributed by atoms with Gasteiger partial charge in [-0.25, -0.2) is 0 Å². The van der Waals surface area contributed by atoms with Crippen LogP contribution in [0.25, 0.3) is 0 Å². The van der Waals surface area contributed by atoms with E-state index >= 15 is 0 Å². The van der Waals surface area contributed by atoms with E-state index in [1.165, 1.54) is 0 Å². The topological polar surface area (TPSA) is 36.9 Å². The predicted molar refractivity (Wildman–Crippen MR) is 77.2 cm³/mol. The van der Waals surface area contributed by atoms with Crippen LogP contribution in [0.5, 0.6) is 5.75 Å². The molecule has 4 nitrogen and oxygen atoms in total. The van der Waals surface area contributed by atoms with Gasteiger partial charge in [0, 0.05) is 18.1 Å². The highest BCUT2D eigenvalue weighted by atomic mass is 79.9. The maximum absolute atomic E-state index is 5.82. The Labute approximate surface area is 116 Å². The molecular weight excluding hydrogens is 294 g/mol. The van der Waals surface area contributed by atoms with Crippen molar-refractivity contribution < 1.29 is 4.74 Å². The Morgan fingerprint density at radius 1 is 1.56 bits per heavy atom. The van der Waals surface area contributed by atoms with Gasteiger partial charge in [0.15, 0.2) is 5.96 Å². The van der Waals surface area contributed by atoms with Crippen LogP contribution >= 0.6 is 15.9 Å². The lowest BCUT2D eigenvalue weighted by Gasteiger charge is -2.19. The SMILES string of the molecule is CC(CNC1=NCCN1C)Oc1cccc(Br)c1. The van der Waals surface area contributed by atoms with Crippen molar-refractivity contribution in [3.8, 4) is 5.75 Å². The van der Waals surface area contributed by atoms with Crippen LogP contribution in [0.15, 0.2) is 33.7 Å². The summed E-state index contributed by atoms with van der Waals surface area (Å²) >= 11 is 3.43. The van der Waals surface area contributed by atoms with Crippen molar-refractivity contribution in [1.29, 1.82) is 0 Å². The molecule has 1 unspecified atom stereocenters. The molecule has 0 bridgehead atoms. The van der Waals surface area contributed by atoms with Gasteiger partial charge in [-0.15, -0.1) is 0 Å². The molecule has 0 amide bonds. The molecule has 1 aliphatic rings. The average molecular weight is 312 g/mol. The fourth-order valence-electron chi connectivity index (χ4n) is 1.77. The molecule has 18 heavy (non-hydrogen) atoms. The molecule has 1 aliphatic heterocycles. The zero-order chi connectivity index (χ0) is 13.0. The summed E-state index contributed by atoms with van der Waals surface area (Å²) in [5, 5.41) is 3.31. The number of likely N-dealkylation sites (N-methyl/N-ethyl adjacent to an activating group) is 1. The van der Waals surface area contributed by atoms with Crippen molar-refractivity contribution in [3.05, 3.63) is 28.7 Å². The van der Waals surface area contributed by atoms with Gasteiger partial charge in [0.2, 0.25) is 0 Å². The van der Waals surface area contributed by atoms with Crippen molar-refractivity contribution in [2.75, 3.05) is 26.7 Å². The van der Waals surface area contributed by atoms with Gasteiger partial charge in [-0.1, -0.05) is 22.0 Å². The molecule has 98 valence electrons. The van der Waals surface area contributed by atoms with Crippen LogP contribution in [-0.4, -0.2) is 43.6 Å². The minimum Gasteiger partial charge on any atom is -0.489 e. The largest absolute Gasteiger partial charge is 0.489 e. The van der Waals surface area contributed by atoms with Crippen molar-refractivity contribution in [3.63, 3.8) is 0 Å². The average Bonchev–Trinajstić information content (AvgIpc) is 2.72. The summed E-state index contributed by atoms with van der Waals surface area (Å²) in [6.45, 7) is 4.65. The van der Waals surface area contributed by atoms with Crippen LogP contribution in [0.4, 0.5) is 0 Å². The first-order valence-corrected chi connectivity index (χ1v) is 6.86. The highest BCUT2D eigenvalue weighted by molar-refractivity contribution is 9.10. The molecule has 0 radical (unpaired) electrons. The first kappa shape index (κ1) is 13.2. The lowest BCUT2D eigenvalue weighted by molar-refractivity contribution is 0.223. The highest BCUT2D eigenvalue weighted by Gasteiger charge is 2.13. The van der Waals surface area contributed by atoms with E-state index in [0.717, 1.165) is 35.8 Å².